The summed E-state index contributed by atoms with van der Waals surface area (Å²) in [5.74, 6) is -2.20. The van der Waals surface area contributed by atoms with E-state index in [0.717, 1.165) is 17.8 Å². The minimum atomic E-state index is -1.25. The summed E-state index contributed by atoms with van der Waals surface area (Å²) in [7, 11) is -0.752. The van der Waals surface area contributed by atoms with Gasteiger partial charge in [-0.1, -0.05) is 23.9 Å². The molecule has 1 heterocycles. The quantitative estimate of drug-likeness (QED) is 0.692. The topological polar surface area (TPSA) is 110 Å². The fourth-order valence-corrected chi connectivity index (χ4v) is 3.15. The van der Waals surface area contributed by atoms with E-state index in [4.69, 9.17) is 14.4 Å². The Labute approximate surface area is 168 Å². The third-order valence-corrected chi connectivity index (χ3v) is 5.75. The second-order valence-electron chi connectivity index (χ2n) is 7.50. The molecule has 2 rings (SSSR count). The van der Waals surface area contributed by atoms with Crippen LogP contribution in [0, 0.1) is 0 Å². The Morgan fingerprint density at radius 1 is 1.07 bits per heavy atom. The first-order valence-electron chi connectivity index (χ1n) is 8.64. The molecule has 0 spiro atoms. The van der Waals surface area contributed by atoms with Gasteiger partial charge in [0, 0.05) is 12.7 Å². The Morgan fingerprint density at radius 3 is 2.11 bits per heavy atom. The first kappa shape index (κ1) is 22.2. The van der Waals surface area contributed by atoms with Crippen LogP contribution in [0.1, 0.15) is 60.9 Å². The van der Waals surface area contributed by atoms with Crippen LogP contribution in [0.2, 0.25) is 0 Å². The van der Waals surface area contributed by atoms with Crippen LogP contribution >= 0.6 is 11.8 Å². The first-order chi connectivity index (χ1) is 12.8. The van der Waals surface area contributed by atoms with E-state index in [1.807, 2.05) is 27.7 Å². The van der Waals surface area contributed by atoms with Crippen molar-refractivity contribution < 1.29 is 33.9 Å². The molecule has 1 aromatic rings. The van der Waals surface area contributed by atoms with Gasteiger partial charge in [0.15, 0.2) is 5.12 Å². The molecule has 0 saturated carbocycles. The van der Waals surface area contributed by atoms with Gasteiger partial charge in [0.25, 0.3) is 0 Å². The monoisotopic (exact) mass is 406 g/mol. The zero-order chi connectivity index (χ0) is 21.3. The van der Waals surface area contributed by atoms with E-state index in [2.05, 4.69) is 0 Å². The van der Waals surface area contributed by atoms with Crippen LogP contribution in [0.25, 0.3) is 6.08 Å². The summed E-state index contributed by atoms with van der Waals surface area (Å²) in [6.45, 7) is 9.02. The number of carboxylic acid groups (broad SMARTS) is 2. The molecular formula is C19H23BO7S. The van der Waals surface area contributed by atoms with Crippen LogP contribution in [0.5, 0.6) is 0 Å². The molecule has 1 saturated heterocycles. The third kappa shape index (κ3) is 4.84. The summed E-state index contributed by atoms with van der Waals surface area (Å²) < 4.78 is 12.1. The number of hydrogen-bond acceptors (Lipinski definition) is 6. The van der Waals surface area contributed by atoms with E-state index >= 15 is 0 Å². The van der Waals surface area contributed by atoms with Crippen molar-refractivity contribution in [2.75, 3.05) is 5.75 Å². The highest BCUT2D eigenvalue weighted by Crippen LogP contribution is 2.39. The van der Waals surface area contributed by atoms with Gasteiger partial charge < -0.3 is 19.5 Å². The number of carbonyl (C=O) groups excluding carboxylic acids is 1. The Bertz CT molecular complexity index is 829. The van der Waals surface area contributed by atoms with Gasteiger partial charge in [-0.15, -0.1) is 0 Å². The normalized spacial score (nSPS) is 18.2. The van der Waals surface area contributed by atoms with Gasteiger partial charge in [-0.3, -0.25) is 4.79 Å². The van der Waals surface area contributed by atoms with Gasteiger partial charge >= 0.3 is 19.1 Å². The molecule has 1 fully saturated rings. The van der Waals surface area contributed by atoms with Gasteiger partial charge in [0.05, 0.1) is 22.3 Å². The molecule has 0 aliphatic carbocycles. The molecule has 1 aromatic carbocycles. The zero-order valence-electron chi connectivity index (χ0n) is 16.4. The van der Waals surface area contributed by atoms with E-state index in [-0.39, 0.29) is 22.0 Å². The lowest BCUT2D eigenvalue weighted by Gasteiger charge is -2.32. The molecule has 2 N–H and O–H groups in total. The number of hydrogen-bond donors (Lipinski definition) is 2. The molecule has 1 aliphatic rings. The number of carboxylic acids is 2. The van der Waals surface area contributed by atoms with Crippen molar-refractivity contribution in [3.8, 4) is 0 Å². The molecule has 0 radical (unpaired) electrons. The molecule has 0 atom stereocenters. The smallest absolute Gasteiger partial charge is 0.478 e. The molecular weight excluding hydrogens is 383 g/mol. The first-order valence-corrected chi connectivity index (χ1v) is 9.63. The van der Waals surface area contributed by atoms with Crippen LogP contribution in [0.15, 0.2) is 23.7 Å². The number of thioether (sulfide) groups is 1. The predicted octanol–water partition coefficient (Wildman–Crippen LogP) is 3.38. The van der Waals surface area contributed by atoms with E-state index in [1.165, 1.54) is 19.1 Å². The maximum absolute atomic E-state index is 11.6. The van der Waals surface area contributed by atoms with Crippen LogP contribution < -0.4 is 0 Å². The van der Waals surface area contributed by atoms with Crippen molar-refractivity contribution in [2.24, 2.45) is 0 Å². The lowest BCUT2D eigenvalue weighted by Crippen LogP contribution is -2.41. The van der Waals surface area contributed by atoms with Gasteiger partial charge in [0.2, 0.25) is 0 Å². The summed E-state index contributed by atoms with van der Waals surface area (Å²) >= 11 is 1.06. The highest BCUT2D eigenvalue weighted by Gasteiger charge is 2.52. The van der Waals surface area contributed by atoms with Crippen molar-refractivity contribution in [3.63, 3.8) is 0 Å². The second-order valence-corrected chi connectivity index (χ2v) is 8.65. The second kappa shape index (κ2) is 8.10. The number of rotatable bonds is 6. The van der Waals surface area contributed by atoms with Crippen molar-refractivity contribution in [3.05, 3.63) is 40.4 Å². The summed E-state index contributed by atoms with van der Waals surface area (Å²) in [5.41, 5.74) is -0.566. The SMILES string of the molecule is CC(=O)SCC(=Cc1ccc(C(=O)O)cc1C(=O)O)B1OC(C)(C)C(C)(C)O1. The summed E-state index contributed by atoms with van der Waals surface area (Å²) in [6, 6.07) is 3.87. The van der Waals surface area contributed by atoms with E-state index in [0.29, 0.717) is 11.0 Å². The third-order valence-electron chi connectivity index (χ3n) is 4.87. The van der Waals surface area contributed by atoms with Gasteiger partial charge in [-0.25, -0.2) is 9.59 Å². The molecule has 0 amide bonds. The average Bonchev–Trinajstić information content (AvgIpc) is 2.78. The largest absolute Gasteiger partial charge is 0.491 e. The molecule has 0 unspecified atom stereocenters. The maximum atomic E-state index is 11.6. The Kier molecular flexibility index (Phi) is 6.42. The average molecular weight is 406 g/mol. The highest BCUT2D eigenvalue weighted by molar-refractivity contribution is 8.13. The maximum Gasteiger partial charge on any atom is 0.491 e. The Balaban J connectivity index is 2.50. The van der Waals surface area contributed by atoms with Crippen molar-refractivity contribution >= 4 is 42.0 Å². The van der Waals surface area contributed by atoms with Crippen LogP contribution in [0.4, 0.5) is 0 Å². The van der Waals surface area contributed by atoms with Crippen molar-refractivity contribution in [2.45, 2.75) is 45.8 Å². The van der Waals surface area contributed by atoms with Crippen LogP contribution in [-0.4, -0.2) is 51.3 Å². The van der Waals surface area contributed by atoms with E-state index < -0.39 is 30.3 Å². The number of carbonyl (C=O) groups is 3. The zero-order valence-corrected chi connectivity index (χ0v) is 17.3. The van der Waals surface area contributed by atoms with Gasteiger partial charge in [0.1, 0.15) is 0 Å². The Morgan fingerprint density at radius 2 is 1.64 bits per heavy atom. The molecule has 9 heteroatoms. The van der Waals surface area contributed by atoms with E-state index in [9.17, 15) is 19.5 Å². The lowest BCUT2D eigenvalue weighted by atomic mass is 9.78. The van der Waals surface area contributed by atoms with Gasteiger partial charge in [-0.2, -0.15) is 0 Å². The Hall–Kier alpha value is -2.10. The van der Waals surface area contributed by atoms with Crippen LogP contribution in [-0.2, 0) is 14.1 Å². The fourth-order valence-electron chi connectivity index (χ4n) is 2.56. The molecule has 1 aliphatic heterocycles. The molecule has 7 nitrogen and oxygen atoms in total. The molecule has 28 heavy (non-hydrogen) atoms. The standard InChI is InChI=1S/C19H23BO7S/c1-11(21)28-10-14(20-26-18(2,3)19(4,5)27-20)8-12-6-7-13(16(22)23)9-15(12)17(24)25/h6-9H,10H2,1-5H3,(H,22,23)(H,24,25). The number of aromatic carboxylic acids is 2. The number of benzene rings is 1. The minimum Gasteiger partial charge on any atom is -0.478 e. The molecule has 0 bridgehead atoms. The van der Waals surface area contributed by atoms with Crippen molar-refractivity contribution in [1.29, 1.82) is 0 Å². The van der Waals surface area contributed by atoms with Gasteiger partial charge in [-0.05, 0) is 50.9 Å². The fraction of sp³-hybridized carbons (Fsp3) is 0.421. The summed E-state index contributed by atoms with van der Waals surface area (Å²) in [4.78, 5) is 34.2. The van der Waals surface area contributed by atoms with Crippen molar-refractivity contribution in [1.82, 2.24) is 0 Å². The highest BCUT2D eigenvalue weighted by atomic mass is 32.2. The minimum absolute atomic E-state index is 0.0953. The molecule has 150 valence electrons. The summed E-state index contributed by atoms with van der Waals surface area (Å²) in [6.07, 6.45) is 1.59. The van der Waals surface area contributed by atoms with Crippen LogP contribution in [0.3, 0.4) is 0 Å². The predicted molar refractivity (Wildman–Crippen MR) is 108 cm³/mol. The summed E-state index contributed by atoms with van der Waals surface area (Å²) in [5, 5.41) is 18.5. The lowest BCUT2D eigenvalue weighted by molar-refractivity contribution is -0.109. The molecule has 0 aromatic heterocycles. The van der Waals surface area contributed by atoms with E-state index in [1.54, 1.807) is 6.08 Å².